The van der Waals surface area contributed by atoms with E-state index in [2.05, 4.69) is 36.4 Å². The van der Waals surface area contributed by atoms with E-state index in [0.717, 1.165) is 50.7 Å². The van der Waals surface area contributed by atoms with Crippen molar-refractivity contribution < 1.29 is 4.42 Å². The van der Waals surface area contributed by atoms with Crippen molar-refractivity contribution in [3.05, 3.63) is 48.5 Å². The van der Waals surface area contributed by atoms with Crippen LogP contribution in [0.2, 0.25) is 0 Å². The zero-order chi connectivity index (χ0) is 14.1. The van der Waals surface area contributed by atoms with Crippen LogP contribution in [0.1, 0.15) is 30.4 Å². The normalized spacial score (nSPS) is 10.9. The van der Waals surface area contributed by atoms with E-state index in [1.807, 2.05) is 19.1 Å². The molecule has 0 aliphatic heterocycles. The monoisotopic (exact) mass is 262 g/mol. The predicted octanol–water partition coefficient (Wildman–Crippen LogP) is 3.26. The quantitative estimate of drug-likeness (QED) is 0.518. The number of nitrogens with zero attached hydrogens (tertiary/aromatic N) is 1. The van der Waals surface area contributed by atoms with Gasteiger partial charge in [0.2, 0.25) is 0 Å². The average Bonchev–Trinajstić information content (AvgIpc) is 2.71. The molecule has 0 saturated carbocycles. The van der Waals surface area contributed by atoms with Crippen LogP contribution < -0.4 is 5.32 Å². The van der Waals surface area contributed by atoms with Crippen LogP contribution in [0.5, 0.6) is 0 Å². The van der Waals surface area contributed by atoms with Crippen molar-refractivity contribution in [1.29, 1.82) is 0 Å². The van der Waals surface area contributed by atoms with Crippen LogP contribution in [0.15, 0.2) is 35.8 Å². The Hall–Kier alpha value is -1.32. The maximum absolute atomic E-state index is 5.82. The molecule has 1 N–H and O–H groups in total. The maximum Gasteiger partial charge on any atom is 0.118 e. The SMILES string of the molecule is C=CCN(CC=C)Cc1cc(CNCCC)c(C)o1. The Morgan fingerprint density at radius 3 is 2.58 bits per heavy atom. The highest BCUT2D eigenvalue weighted by Gasteiger charge is 2.10. The number of rotatable bonds is 10. The lowest BCUT2D eigenvalue weighted by molar-refractivity contribution is 0.292. The van der Waals surface area contributed by atoms with Crippen LogP contribution >= 0.6 is 0 Å². The minimum Gasteiger partial charge on any atom is -0.465 e. The highest BCUT2D eigenvalue weighted by atomic mass is 16.3. The summed E-state index contributed by atoms with van der Waals surface area (Å²) in [6.07, 6.45) is 4.96. The lowest BCUT2D eigenvalue weighted by Gasteiger charge is -2.16. The molecule has 0 atom stereocenters. The third-order valence-corrected chi connectivity index (χ3v) is 2.97. The first-order valence-electron chi connectivity index (χ1n) is 6.94. The zero-order valence-corrected chi connectivity index (χ0v) is 12.2. The Bertz CT molecular complexity index is 385. The molecule has 0 amide bonds. The van der Waals surface area contributed by atoms with Gasteiger partial charge in [0.05, 0.1) is 6.54 Å². The molecule has 0 bridgehead atoms. The Kier molecular flexibility index (Phi) is 7.23. The molecule has 1 rings (SSSR count). The first-order valence-corrected chi connectivity index (χ1v) is 6.94. The zero-order valence-electron chi connectivity index (χ0n) is 12.2. The number of hydrogen-bond acceptors (Lipinski definition) is 3. The molecule has 3 nitrogen and oxygen atoms in total. The fourth-order valence-electron chi connectivity index (χ4n) is 2.03. The van der Waals surface area contributed by atoms with Gasteiger partial charge in [0, 0.05) is 25.2 Å². The Morgan fingerprint density at radius 2 is 2.00 bits per heavy atom. The molecule has 0 aliphatic carbocycles. The van der Waals surface area contributed by atoms with Crippen molar-refractivity contribution in [2.75, 3.05) is 19.6 Å². The molecule has 3 heteroatoms. The molecule has 0 saturated heterocycles. The van der Waals surface area contributed by atoms with E-state index in [0.29, 0.717) is 0 Å². The van der Waals surface area contributed by atoms with Crippen molar-refractivity contribution in [3.8, 4) is 0 Å². The van der Waals surface area contributed by atoms with Crippen LogP contribution in [0.3, 0.4) is 0 Å². The van der Waals surface area contributed by atoms with Gasteiger partial charge in [0.1, 0.15) is 11.5 Å². The van der Waals surface area contributed by atoms with Gasteiger partial charge >= 0.3 is 0 Å². The van der Waals surface area contributed by atoms with Crippen molar-refractivity contribution in [3.63, 3.8) is 0 Å². The molecule has 1 heterocycles. The molecule has 1 aromatic heterocycles. The highest BCUT2D eigenvalue weighted by Crippen LogP contribution is 2.16. The molecule has 0 spiro atoms. The minimum absolute atomic E-state index is 0.798. The van der Waals surface area contributed by atoms with Crippen LogP contribution in [0.25, 0.3) is 0 Å². The van der Waals surface area contributed by atoms with Gasteiger partial charge in [-0.25, -0.2) is 0 Å². The standard InChI is InChI=1S/C16H26N2O/c1-5-8-17-12-15-11-16(19-14(15)4)13-18(9-6-2)10-7-3/h6-7,11,17H,2-3,5,8-10,12-13H2,1,4H3. The molecule has 0 radical (unpaired) electrons. The maximum atomic E-state index is 5.82. The van der Waals surface area contributed by atoms with E-state index in [1.165, 1.54) is 5.56 Å². The van der Waals surface area contributed by atoms with Crippen molar-refractivity contribution in [1.82, 2.24) is 10.2 Å². The molecule has 0 unspecified atom stereocenters. The molecule has 106 valence electrons. The van der Waals surface area contributed by atoms with E-state index in [4.69, 9.17) is 4.42 Å². The summed E-state index contributed by atoms with van der Waals surface area (Å²) in [5.74, 6) is 2.02. The van der Waals surface area contributed by atoms with Crippen molar-refractivity contribution >= 4 is 0 Å². The van der Waals surface area contributed by atoms with Gasteiger partial charge in [-0.3, -0.25) is 4.90 Å². The number of nitrogens with one attached hydrogen (secondary N) is 1. The first-order chi connectivity index (χ1) is 9.21. The molecular weight excluding hydrogens is 236 g/mol. The number of hydrogen-bond donors (Lipinski definition) is 1. The van der Waals surface area contributed by atoms with Gasteiger partial charge in [-0.1, -0.05) is 19.1 Å². The van der Waals surface area contributed by atoms with Crippen LogP contribution in [-0.4, -0.2) is 24.5 Å². The molecule has 0 aromatic carbocycles. The second kappa shape index (κ2) is 8.73. The molecular formula is C16H26N2O. The summed E-state index contributed by atoms with van der Waals surface area (Å²) in [6, 6.07) is 2.15. The van der Waals surface area contributed by atoms with Gasteiger partial charge in [-0.15, -0.1) is 13.2 Å². The van der Waals surface area contributed by atoms with E-state index < -0.39 is 0 Å². The van der Waals surface area contributed by atoms with Gasteiger partial charge in [0.15, 0.2) is 0 Å². The number of aryl methyl sites for hydroxylation is 1. The minimum atomic E-state index is 0.798. The van der Waals surface area contributed by atoms with E-state index in [1.54, 1.807) is 0 Å². The smallest absolute Gasteiger partial charge is 0.118 e. The summed E-state index contributed by atoms with van der Waals surface area (Å²) in [4.78, 5) is 2.24. The third kappa shape index (κ3) is 5.45. The fourth-order valence-corrected chi connectivity index (χ4v) is 2.03. The lowest BCUT2D eigenvalue weighted by Crippen LogP contribution is -2.22. The molecule has 0 fully saturated rings. The second-order valence-electron chi connectivity index (χ2n) is 4.74. The molecule has 0 aliphatic rings. The Balaban J connectivity index is 2.60. The largest absolute Gasteiger partial charge is 0.465 e. The van der Waals surface area contributed by atoms with Crippen LogP contribution in [0.4, 0.5) is 0 Å². The van der Waals surface area contributed by atoms with Gasteiger partial charge < -0.3 is 9.73 Å². The topological polar surface area (TPSA) is 28.4 Å². The average molecular weight is 262 g/mol. The van der Waals surface area contributed by atoms with E-state index >= 15 is 0 Å². The first kappa shape index (κ1) is 15.7. The second-order valence-corrected chi connectivity index (χ2v) is 4.74. The number of furan rings is 1. The van der Waals surface area contributed by atoms with Crippen molar-refractivity contribution in [2.45, 2.75) is 33.4 Å². The van der Waals surface area contributed by atoms with Crippen molar-refractivity contribution in [2.24, 2.45) is 0 Å². The summed E-state index contributed by atoms with van der Waals surface area (Å²) in [5, 5.41) is 3.40. The summed E-state index contributed by atoms with van der Waals surface area (Å²) in [7, 11) is 0. The third-order valence-electron chi connectivity index (χ3n) is 2.97. The highest BCUT2D eigenvalue weighted by molar-refractivity contribution is 5.20. The predicted molar refractivity (Wildman–Crippen MR) is 81.1 cm³/mol. The Morgan fingerprint density at radius 1 is 1.32 bits per heavy atom. The fraction of sp³-hybridized carbons (Fsp3) is 0.500. The van der Waals surface area contributed by atoms with Gasteiger partial charge in [0.25, 0.3) is 0 Å². The molecule has 19 heavy (non-hydrogen) atoms. The van der Waals surface area contributed by atoms with Crippen LogP contribution in [0, 0.1) is 6.92 Å². The summed E-state index contributed by atoms with van der Waals surface area (Å²) >= 11 is 0. The van der Waals surface area contributed by atoms with Gasteiger partial charge in [-0.2, -0.15) is 0 Å². The summed E-state index contributed by atoms with van der Waals surface area (Å²) in [5.41, 5.74) is 1.25. The molecule has 1 aromatic rings. The van der Waals surface area contributed by atoms with Gasteiger partial charge in [-0.05, 0) is 26.0 Å². The van der Waals surface area contributed by atoms with E-state index in [-0.39, 0.29) is 0 Å². The van der Waals surface area contributed by atoms with Crippen LogP contribution in [-0.2, 0) is 13.1 Å². The summed E-state index contributed by atoms with van der Waals surface area (Å²) < 4.78 is 5.82. The lowest BCUT2D eigenvalue weighted by atomic mass is 10.2. The van der Waals surface area contributed by atoms with E-state index in [9.17, 15) is 0 Å². The summed E-state index contributed by atoms with van der Waals surface area (Å²) in [6.45, 7) is 16.2. The Labute approximate surface area is 117 Å².